The molecule has 1 amide bonds. The van der Waals surface area contributed by atoms with Crippen LogP contribution in [0.25, 0.3) is 11.3 Å². The van der Waals surface area contributed by atoms with Crippen LogP contribution in [0, 0.1) is 6.92 Å². The number of carbonyl (C=O) groups excluding carboxylic acids is 1. The molecule has 0 spiro atoms. The van der Waals surface area contributed by atoms with E-state index in [0.29, 0.717) is 37.7 Å². The first kappa shape index (κ1) is 23.3. The van der Waals surface area contributed by atoms with E-state index in [0.717, 1.165) is 34.3 Å². The fourth-order valence-electron chi connectivity index (χ4n) is 4.20. The molecule has 4 heterocycles. The molecule has 0 radical (unpaired) electrons. The normalized spacial score (nSPS) is 13.5. The molecule has 10 heteroatoms. The Morgan fingerprint density at radius 3 is 2.47 bits per heavy atom. The summed E-state index contributed by atoms with van der Waals surface area (Å²) in [6.07, 6.45) is 0. The van der Waals surface area contributed by atoms with E-state index < -0.39 is 0 Å². The molecule has 0 atom stereocenters. The van der Waals surface area contributed by atoms with Gasteiger partial charge in [0.25, 0.3) is 5.91 Å². The maximum atomic E-state index is 13.3. The van der Waals surface area contributed by atoms with Gasteiger partial charge < -0.3 is 19.9 Å². The first-order chi connectivity index (χ1) is 17.5. The standard InChI is InChI=1S/C26H28N8O2/c1-18-6-4-9-23(27-18)28-24-10-11-25(30-29-24)33-12-14-34(15-13-33)26(35)22-17-21(31-32(22)2)19-7-5-8-20(16-19)36-3/h4-11,16-17H,12-15H2,1-3H3,(H,27,28,29). The predicted octanol–water partition coefficient (Wildman–Crippen LogP) is 3.30. The van der Waals surface area contributed by atoms with Crippen LogP contribution in [0.1, 0.15) is 16.2 Å². The molecule has 184 valence electrons. The van der Waals surface area contributed by atoms with Gasteiger partial charge in [0.1, 0.15) is 17.3 Å². The Labute approximate surface area is 209 Å². The van der Waals surface area contributed by atoms with Crippen LogP contribution in [-0.4, -0.2) is 69.1 Å². The second-order valence-electron chi connectivity index (χ2n) is 8.62. The molecular weight excluding hydrogens is 456 g/mol. The fraction of sp³-hybridized carbons (Fsp3) is 0.269. The number of carbonyl (C=O) groups is 1. The quantitative estimate of drug-likeness (QED) is 0.445. The molecule has 10 nitrogen and oxygen atoms in total. The molecule has 1 aliphatic rings. The van der Waals surface area contributed by atoms with Crippen molar-refractivity contribution >= 4 is 23.4 Å². The van der Waals surface area contributed by atoms with Crippen LogP contribution in [0.2, 0.25) is 0 Å². The summed E-state index contributed by atoms with van der Waals surface area (Å²) >= 11 is 0. The van der Waals surface area contributed by atoms with E-state index in [9.17, 15) is 4.79 Å². The number of hydrogen-bond acceptors (Lipinski definition) is 8. The first-order valence-corrected chi connectivity index (χ1v) is 11.8. The largest absolute Gasteiger partial charge is 0.497 e. The molecule has 1 saturated heterocycles. The third kappa shape index (κ3) is 4.97. The van der Waals surface area contributed by atoms with Gasteiger partial charge in [-0.25, -0.2) is 4.98 Å². The number of piperazine rings is 1. The lowest BCUT2D eigenvalue weighted by molar-refractivity contribution is 0.0735. The van der Waals surface area contributed by atoms with Crippen molar-refractivity contribution < 1.29 is 9.53 Å². The molecule has 3 aromatic heterocycles. The zero-order valence-corrected chi connectivity index (χ0v) is 20.5. The van der Waals surface area contributed by atoms with Crippen molar-refractivity contribution in [3.8, 4) is 17.0 Å². The number of pyridine rings is 1. The average molecular weight is 485 g/mol. The van der Waals surface area contributed by atoms with Gasteiger partial charge in [-0.2, -0.15) is 5.10 Å². The van der Waals surface area contributed by atoms with Gasteiger partial charge in [0.15, 0.2) is 11.6 Å². The van der Waals surface area contributed by atoms with Gasteiger partial charge in [0, 0.05) is 44.5 Å². The van der Waals surface area contributed by atoms with Crippen molar-refractivity contribution in [2.75, 3.05) is 43.5 Å². The highest BCUT2D eigenvalue weighted by atomic mass is 16.5. The van der Waals surface area contributed by atoms with Crippen LogP contribution in [0.3, 0.4) is 0 Å². The van der Waals surface area contributed by atoms with Crippen LogP contribution in [0.5, 0.6) is 5.75 Å². The molecule has 5 rings (SSSR count). The zero-order chi connectivity index (χ0) is 25.1. The first-order valence-electron chi connectivity index (χ1n) is 11.8. The molecule has 36 heavy (non-hydrogen) atoms. The highest BCUT2D eigenvalue weighted by Gasteiger charge is 2.25. The summed E-state index contributed by atoms with van der Waals surface area (Å²) in [6, 6.07) is 19.1. The third-order valence-electron chi connectivity index (χ3n) is 6.15. The Hall–Kier alpha value is -4.47. The van der Waals surface area contributed by atoms with Gasteiger partial charge in [-0.15, -0.1) is 10.2 Å². The Morgan fingerprint density at radius 2 is 1.75 bits per heavy atom. The van der Waals surface area contributed by atoms with Gasteiger partial charge in [-0.05, 0) is 49.4 Å². The summed E-state index contributed by atoms with van der Waals surface area (Å²) < 4.78 is 6.95. The molecule has 4 aromatic rings. The van der Waals surface area contributed by atoms with Gasteiger partial charge in [0.2, 0.25) is 0 Å². The number of aryl methyl sites for hydroxylation is 2. The van der Waals surface area contributed by atoms with E-state index >= 15 is 0 Å². The lowest BCUT2D eigenvalue weighted by Gasteiger charge is -2.35. The minimum Gasteiger partial charge on any atom is -0.497 e. The van der Waals surface area contributed by atoms with E-state index in [2.05, 4.69) is 30.5 Å². The summed E-state index contributed by atoms with van der Waals surface area (Å²) in [5, 5.41) is 16.4. The van der Waals surface area contributed by atoms with Crippen molar-refractivity contribution in [3.05, 3.63) is 72.1 Å². The average Bonchev–Trinajstić information content (AvgIpc) is 3.30. The van der Waals surface area contributed by atoms with Crippen LogP contribution < -0.4 is 15.0 Å². The van der Waals surface area contributed by atoms with Crippen molar-refractivity contribution in [1.82, 2.24) is 29.9 Å². The minimum atomic E-state index is -0.0323. The SMILES string of the molecule is COc1cccc(-c2cc(C(=O)N3CCN(c4ccc(Nc5cccc(C)n5)nn4)CC3)n(C)n2)c1. The lowest BCUT2D eigenvalue weighted by Crippen LogP contribution is -2.49. The monoisotopic (exact) mass is 484 g/mol. The number of amides is 1. The van der Waals surface area contributed by atoms with Gasteiger partial charge in [-0.1, -0.05) is 18.2 Å². The lowest BCUT2D eigenvalue weighted by atomic mass is 10.1. The molecule has 1 N–H and O–H groups in total. The fourth-order valence-corrected chi connectivity index (χ4v) is 4.20. The third-order valence-corrected chi connectivity index (χ3v) is 6.15. The number of nitrogens with zero attached hydrogens (tertiary/aromatic N) is 7. The maximum Gasteiger partial charge on any atom is 0.272 e. The number of ether oxygens (including phenoxy) is 1. The molecule has 0 unspecified atom stereocenters. The van der Waals surface area contributed by atoms with Crippen molar-refractivity contribution in [2.45, 2.75) is 6.92 Å². The number of rotatable bonds is 6. The molecule has 1 fully saturated rings. The topological polar surface area (TPSA) is 101 Å². The summed E-state index contributed by atoms with van der Waals surface area (Å²) in [6.45, 7) is 4.47. The number of aromatic nitrogens is 5. The molecule has 0 saturated carbocycles. The number of anilines is 3. The molecule has 0 bridgehead atoms. The second-order valence-corrected chi connectivity index (χ2v) is 8.62. The molecule has 1 aliphatic heterocycles. The minimum absolute atomic E-state index is 0.0323. The van der Waals surface area contributed by atoms with Gasteiger partial charge in [-0.3, -0.25) is 9.48 Å². The summed E-state index contributed by atoms with van der Waals surface area (Å²) in [5.41, 5.74) is 3.13. The molecule has 1 aromatic carbocycles. The van der Waals surface area contributed by atoms with Crippen LogP contribution in [0.4, 0.5) is 17.5 Å². The molecule has 0 aliphatic carbocycles. The predicted molar refractivity (Wildman–Crippen MR) is 138 cm³/mol. The van der Waals surface area contributed by atoms with E-state index in [1.54, 1.807) is 18.8 Å². The van der Waals surface area contributed by atoms with Crippen LogP contribution >= 0.6 is 0 Å². The number of nitrogens with one attached hydrogen (secondary N) is 1. The smallest absolute Gasteiger partial charge is 0.272 e. The Bertz CT molecular complexity index is 1360. The van der Waals surface area contributed by atoms with E-state index in [4.69, 9.17) is 4.74 Å². The van der Waals surface area contributed by atoms with Crippen molar-refractivity contribution in [2.24, 2.45) is 7.05 Å². The highest BCUT2D eigenvalue weighted by molar-refractivity contribution is 5.94. The van der Waals surface area contributed by atoms with Crippen molar-refractivity contribution in [3.63, 3.8) is 0 Å². The summed E-state index contributed by atoms with van der Waals surface area (Å²) in [4.78, 5) is 21.7. The maximum absolute atomic E-state index is 13.3. The van der Waals surface area contributed by atoms with Gasteiger partial charge in [0.05, 0.1) is 12.8 Å². The summed E-state index contributed by atoms with van der Waals surface area (Å²) in [5.74, 6) is 2.87. The number of hydrogen-bond donors (Lipinski definition) is 1. The number of methoxy groups -OCH3 is 1. The van der Waals surface area contributed by atoms with Crippen LogP contribution in [0.15, 0.2) is 60.7 Å². The molecular formula is C26H28N8O2. The van der Waals surface area contributed by atoms with E-state index in [1.165, 1.54) is 0 Å². The summed E-state index contributed by atoms with van der Waals surface area (Å²) in [7, 11) is 3.43. The van der Waals surface area contributed by atoms with E-state index in [-0.39, 0.29) is 5.91 Å². The van der Waals surface area contributed by atoms with Crippen LogP contribution in [-0.2, 0) is 7.05 Å². The van der Waals surface area contributed by atoms with Gasteiger partial charge >= 0.3 is 0 Å². The second kappa shape index (κ2) is 10.0. The Morgan fingerprint density at radius 1 is 0.944 bits per heavy atom. The number of benzene rings is 1. The highest BCUT2D eigenvalue weighted by Crippen LogP contribution is 2.24. The Kier molecular flexibility index (Phi) is 6.48. The van der Waals surface area contributed by atoms with E-state index in [1.807, 2.05) is 72.5 Å². The van der Waals surface area contributed by atoms with Crippen molar-refractivity contribution in [1.29, 1.82) is 0 Å². The zero-order valence-electron chi connectivity index (χ0n) is 20.5. The Balaban J connectivity index is 1.21.